The molecule has 1 saturated carbocycles. The molecule has 1 aromatic rings. The summed E-state index contributed by atoms with van der Waals surface area (Å²) in [6.07, 6.45) is 4.72. The van der Waals surface area contributed by atoms with Gasteiger partial charge in [0, 0.05) is 51.0 Å². The molecule has 3 aliphatic rings. The highest BCUT2D eigenvalue weighted by atomic mass is 16.6. The highest BCUT2D eigenvalue weighted by molar-refractivity contribution is 5.72. The van der Waals surface area contributed by atoms with Crippen molar-refractivity contribution in [1.29, 1.82) is 0 Å². The molecule has 0 N–H and O–H groups in total. The molecule has 1 amide bonds. The molecular weight excluding hydrogens is 442 g/mol. The van der Waals surface area contributed by atoms with E-state index in [9.17, 15) is 4.79 Å². The third kappa shape index (κ3) is 6.35. The van der Waals surface area contributed by atoms with E-state index in [2.05, 4.69) is 35.8 Å². The van der Waals surface area contributed by atoms with E-state index in [0.29, 0.717) is 24.4 Å². The smallest absolute Gasteiger partial charge is 0.410 e. The van der Waals surface area contributed by atoms with Crippen LogP contribution in [-0.4, -0.2) is 76.2 Å². The largest absolute Gasteiger partial charge is 0.495 e. The third-order valence-electron chi connectivity index (χ3n) is 7.73. The number of hydrogen-bond acceptors (Lipinski definition) is 6. The summed E-state index contributed by atoms with van der Waals surface area (Å²) < 4.78 is 17.1. The summed E-state index contributed by atoms with van der Waals surface area (Å²) in [5, 5.41) is 0. The topological polar surface area (TPSA) is 54.5 Å². The molecule has 0 unspecified atom stereocenters. The summed E-state index contributed by atoms with van der Waals surface area (Å²) in [6.45, 7) is 16.8. The molecule has 1 aliphatic carbocycles. The fraction of sp³-hybridized carbons (Fsp3) is 0.750. The lowest BCUT2D eigenvalue weighted by atomic mass is 9.71. The lowest BCUT2D eigenvalue weighted by molar-refractivity contribution is 0.0240. The minimum atomic E-state index is -0.473. The molecule has 2 saturated heterocycles. The number of methoxy groups -OCH3 is 1. The van der Waals surface area contributed by atoms with Crippen molar-refractivity contribution in [3.05, 3.63) is 17.7 Å². The number of benzene rings is 1. The van der Waals surface area contributed by atoms with Crippen LogP contribution < -0.4 is 14.5 Å². The zero-order valence-corrected chi connectivity index (χ0v) is 22.7. The van der Waals surface area contributed by atoms with E-state index >= 15 is 0 Å². The van der Waals surface area contributed by atoms with Gasteiger partial charge in [0.25, 0.3) is 0 Å². The van der Waals surface area contributed by atoms with Gasteiger partial charge in [0.15, 0.2) is 0 Å². The zero-order valence-electron chi connectivity index (χ0n) is 22.7. The molecule has 1 aromatic carbocycles. The van der Waals surface area contributed by atoms with Gasteiger partial charge in [0.1, 0.15) is 11.4 Å². The molecule has 2 heterocycles. The van der Waals surface area contributed by atoms with Crippen molar-refractivity contribution in [2.45, 2.75) is 71.8 Å². The van der Waals surface area contributed by atoms with Crippen LogP contribution in [0.4, 0.5) is 16.2 Å². The van der Waals surface area contributed by atoms with Gasteiger partial charge in [-0.3, -0.25) is 0 Å². The quantitative estimate of drug-likeness (QED) is 0.577. The normalized spacial score (nSPS) is 21.7. The number of ether oxygens (including phenoxy) is 3. The van der Waals surface area contributed by atoms with Crippen molar-refractivity contribution in [3.8, 4) is 5.75 Å². The first kappa shape index (κ1) is 25.9. The Morgan fingerprint density at radius 1 is 0.943 bits per heavy atom. The molecule has 3 fully saturated rings. The molecule has 0 radical (unpaired) electrons. The molecule has 0 aromatic heterocycles. The van der Waals surface area contributed by atoms with Crippen LogP contribution in [0.5, 0.6) is 5.75 Å². The number of carbonyl (C=O) groups is 1. The lowest BCUT2D eigenvalue weighted by Gasteiger charge is -2.41. The average molecular weight is 488 g/mol. The molecule has 0 spiro atoms. The number of morpholine rings is 1. The first-order valence-corrected chi connectivity index (χ1v) is 13.3. The van der Waals surface area contributed by atoms with Crippen molar-refractivity contribution in [2.75, 3.05) is 69.4 Å². The van der Waals surface area contributed by atoms with Gasteiger partial charge in [-0.15, -0.1) is 0 Å². The van der Waals surface area contributed by atoms with Gasteiger partial charge in [-0.2, -0.15) is 0 Å². The molecule has 7 nitrogen and oxygen atoms in total. The van der Waals surface area contributed by atoms with Crippen LogP contribution in [0, 0.1) is 5.41 Å². The van der Waals surface area contributed by atoms with Crippen LogP contribution in [-0.2, 0) is 9.47 Å². The van der Waals surface area contributed by atoms with Gasteiger partial charge < -0.3 is 28.9 Å². The Morgan fingerprint density at radius 2 is 1.54 bits per heavy atom. The van der Waals surface area contributed by atoms with Crippen LogP contribution in [0.3, 0.4) is 0 Å². The maximum absolute atomic E-state index is 12.6. The summed E-state index contributed by atoms with van der Waals surface area (Å²) in [4.78, 5) is 19.3. The Morgan fingerprint density at radius 3 is 2.11 bits per heavy atom. The predicted octanol–water partition coefficient (Wildman–Crippen LogP) is 5.27. The fourth-order valence-corrected chi connectivity index (χ4v) is 5.56. The number of amides is 1. The molecule has 196 valence electrons. The van der Waals surface area contributed by atoms with Gasteiger partial charge in [-0.1, -0.05) is 13.8 Å². The van der Waals surface area contributed by atoms with E-state index in [4.69, 9.17) is 14.2 Å². The summed E-state index contributed by atoms with van der Waals surface area (Å²) in [7, 11) is 1.77. The number of nitrogens with zero attached hydrogens (tertiary/aromatic N) is 3. The maximum atomic E-state index is 12.6. The summed E-state index contributed by atoms with van der Waals surface area (Å²) in [6, 6.07) is 4.66. The fourth-order valence-electron chi connectivity index (χ4n) is 5.56. The molecular formula is C28H45N3O4. The summed E-state index contributed by atoms with van der Waals surface area (Å²) >= 11 is 0. The van der Waals surface area contributed by atoms with Crippen molar-refractivity contribution in [3.63, 3.8) is 0 Å². The second-order valence-corrected chi connectivity index (χ2v) is 12.1. The van der Waals surface area contributed by atoms with Gasteiger partial charge in [-0.25, -0.2) is 4.79 Å². The molecule has 2 aliphatic heterocycles. The van der Waals surface area contributed by atoms with Gasteiger partial charge in [0.2, 0.25) is 0 Å². The Labute approximate surface area is 211 Å². The second-order valence-electron chi connectivity index (χ2n) is 12.1. The van der Waals surface area contributed by atoms with Gasteiger partial charge in [0.05, 0.1) is 26.0 Å². The first-order valence-electron chi connectivity index (χ1n) is 13.3. The molecule has 4 rings (SSSR count). The van der Waals surface area contributed by atoms with Crippen LogP contribution in [0.2, 0.25) is 0 Å². The zero-order chi connectivity index (χ0) is 25.2. The number of rotatable bonds is 4. The van der Waals surface area contributed by atoms with Crippen molar-refractivity contribution in [2.24, 2.45) is 5.41 Å². The third-order valence-corrected chi connectivity index (χ3v) is 7.73. The second kappa shape index (κ2) is 10.5. The van der Waals surface area contributed by atoms with Gasteiger partial charge in [-0.05, 0) is 69.4 Å². The predicted molar refractivity (Wildman–Crippen MR) is 141 cm³/mol. The Hall–Kier alpha value is -2.15. The van der Waals surface area contributed by atoms with Crippen LogP contribution >= 0.6 is 0 Å². The Kier molecular flexibility index (Phi) is 7.74. The Balaban J connectivity index is 1.59. The SMILES string of the molecule is COc1cc(N2CCN(C(=O)OC(C)(C)C)CC2)c(C2CCC(C)(C)CC2)cc1N1CCOCC1. The number of carbonyl (C=O) groups excluding carboxylic acids is 1. The average Bonchev–Trinajstić information content (AvgIpc) is 2.83. The minimum Gasteiger partial charge on any atom is -0.495 e. The van der Waals surface area contributed by atoms with E-state index < -0.39 is 5.60 Å². The van der Waals surface area contributed by atoms with E-state index in [1.807, 2.05) is 25.7 Å². The molecule has 0 atom stereocenters. The van der Waals surface area contributed by atoms with Crippen molar-refractivity contribution >= 4 is 17.5 Å². The molecule has 0 bridgehead atoms. The van der Waals surface area contributed by atoms with E-state index in [-0.39, 0.29) is 6.09 Å². The first-order chi connectivity index (χ1) is 16.6. The van der Waals surface area contributed by atoms with E-state index in [1.54, 1.807) is 7.11 Å². The highest BCUT2D eigenvalue weighted by Gasteiger charge is 2.33. The van der Waals surface area contributed by atoms with E-state index in [0.717, 1.165) is 45.1 Å². The van der Waals surface area contributed by atoms with Crippen LogP contribution in [0.25, 0.3) is 0 Å². The maximum Gasteiger partial charge on any atom is 0.410 e. The molecule has 35 heavy (non-hydrogen) atoms. The molecule has 7 heteroatoms. The summed E-state index contributed by atoms with van der Waals surface area (Å²) in [5.74, 6) is 1.48. The lowest BCUT2D eigenvalue weighted by Crippen LogP contribution is -2.50. The number of piperazine rings is 1. The van der Waals surface area contributed by atoms with E-state index in [1.165, 1.54) is 42.6 Å². The summed E-state index contributed by atoms with van der Waals surface area (Å²) in [5.41, 5.74) is 3.85. The minimum absolute atomic E-state index is 0.216. The Bertz CT molecular complexity index is 871. The van der Waals surface area contributed by atoms with Crippen LogP contribution in [0.1, 0.15) is 71.8 Å². The number of hydrogen-bond donors (Lipinski definition) is 0. The highest BCUT2D eigenvalue weighted by Crippen LogP contribution is 2.47. The van der Waals surface area contributed by atoms with Crippen molar-refractivity contribution in [1.82, 2.24) is 4.90 Å². The standard InChI is InChI=1S/C28H45N3O4/c1-27(2,3)35-26(32)31-13-11-29(12-14-31)23-20-25(33-6)24(30-15-17-34-18-16-30)19-22(23)21-7-9-28(4,5)10-8-21/h19-21H,7-18H2,1-6H3. The van der Waals surface area contributed by atoms with Gasteiger partial charge >= 0.3 is 6.09 Å². The van der Waals surface area contributed by atoms with Crippen molar-refractivity contribution < 1.29 is 19.0 Å². The number of anilines is 2. The van der Waals surface area contributed by atoms with Crippen LogP contribution in [0.15, 0.2) is 12.1 Å². The monoisotopic (exact) mass is 487 g/mol.